The molecule has 1 aliphatic rings. The van der Waals surface area contributed by atoms with E-state index in [1.807, 2.05) is 0 Å². The van der Waals surface area contributed by atoms with E-state index in [0.29, 0.717) is 0 Å². The summed E-state index contributed by atoms with van der Waals surface area (Å²) in [6.45, 7) is 2.53. The highest BCUT2D eigenvalue weighted by atomic mass is 19.4. The molecule has 2 heterocycles. The zero-order chi connectivity index (χ0) is 34.3. The molecule has 2 aromatic rings. The number of rotatable bonds is 8. The number of carboxylic acids is 2. The number of hydrogen-bond acceptors (Lipinski definition) is 11. The fourth-order valence-electron chi connectivity index (χ4n) is 5.24. The summed E-state index contributed by atoms with van der Waals surface area (Å²) in [5.41, 5.74) is -5.09. The molecule has 0 fully saturated rings. The molecule has 2 unspecified atom stereocenters. The van der Waals surface area contributed by atoms with Gasteiger partial charge in [-0.2, -0.15) is 13.2 Å². The zero-order valence-corrected chi connectivity index (χ0v) is 25.0. The lowest BCUT2D eigenvalue weighted by Crippen LogP contribution is -2.62. The number of pyridine rings is 1. The van der Waals surface area contributed by atoms with Crippen molar-refractivity contribution in [2.75, 3.05) is 35.2 Å². The summed E-state index contributed by atoms with van der Waals surface area (Å²) in [6.07, 6.45) is -3.56. The van der Waals surface area contributed by atoms with Gasteiger partial charge in [-0.05, 0) is 37.6 Å². The number of methoxy groups -OCH3 is 4. The Bertz CT molecular complexity index is 1470. The number of aromatic nitrogens is 1. The van der Waals surface area contributed by atoms with E-state index in [1.54, 1.807) is 0 Å². The average molecular weight is 641 g/mol. The Morgan fingerprint density at radius 3 is 1.96 bits per heavy atom. The summed E-state index contributed by atoms with van der Waals surface area (Å²) in [6, 6.07) is 5.75. The minimum Gasteiger partial charge on any atom is -0.478 e. The number of aliphatic carboxylic acids is 1. The molecular formula is C29H31F3N2O11. The molecule has 244 valence electrons. The van der Waals surface area contributed by atoms with Gasteiger partial charge in [-0.3, -0.25) is 9.59 Å². The fraction of sp³-hybridized carbons (Fsp3) is 0.379. The molecule has 45 heavy (non-hydrogen) atoms. The maximum atomic E-state index is 13.9. The highest BCUT2D eigenvalue weighted by molar-refractivity contribution is 6.06. The van der Waals surface area contributed by atoms with Gasteiger partial charge in [0.25, 0.3) is 0 Å². The Labute approximate surface area is 255 Å². The monoisotopic (exact) mass is 640 g/mol. The van der Waals surface area contributed by atoms with Crippen LogP contribution in [0.15, 0.2) is 53.9 Å². The van der Waals surface area contributed by atoms with Gasteiger partial charge < -0.3 is 34.1 Å². The highest BCUT2D eigenvalue weighted by Crippen LogP contribution is 2.54. The van der Waals surface area contributed by atoms with Crippen LogP contribution in [0.5, 0.6) is 0 Å². The van der Waals surface area contributed by atoms with E-state index < -0.39 is 70.1 Å². The second-order valence-corrected chi connectivity index (χ2v) is 9.43. The van der Waals surface area contributed by atoms with Crippen LogP contribution in [0.2, 0.25) is 0 Å². The van der Waals surface area contributed by atoms with Crippen LogP contribution in [-0.4, -0.2) is 91.2 Å². The molecule has 0 saturated carbocycles. The molecule has 3 rings (SSSR count). The molecule has 0 spiro atoms. The van der Waals surface area contributed by atoms with Gasteiger partial charge in [0.15, 0.2) is 11.1 Å². The molecule has 0 radical (unpaired) electrons. The van der Waals surface area contributed by atoms with Crippen molar-refractivity contribution in [1.82, 2.24) is 9.88 Å². The lowest BCUT2D eigenvalue weighted by atomic mass is 9.60. The predicted octanol–water partition coefficient (Wildman–Crippen LogP) is 3.35. The minimum absolute atomic E-state index is 0.0391. The molecule has 13 nitrogen and oxygen atoms in total. The number of benzene rings is 1. The SMILES string of the molecule is COC(=O)c1ncccc1C(=O)O.COCN1C(C)=C(C(=O)O)C(c2ccccc2C(F)(F)F)C(C(=O)OC)(C(=O)OC)C1C. The van der Waals surface area contributed by atoms with Crippen LogP contribution in [0.3, 0.4) is 0 Å². The van der Waals surface area contributed by atoms with Gasteiger partial charge in [0.1, 0.15) is 6.73 Å². The highest BCUT2D eigenvalue weighted by Gasteiger charge is 2.66. The smallest absolute Gasteiger partial charge is 0.416 e. The Kier molecular flexibility index (Phi) is 11.8. The third kappa shape index (κ3) is 6.90. The second-order valence-electron chi connectivity index (χ2n) is 9.43. The Morgan fingerprint density at radius 1 is 0.911 bits per heavy atom. The van der Waals surface area contributed by atoms with Gasteiger partial charge in [-0.15, -0.1) is 0 Å². The van der Waals surface area contributed by atoms with E-state index in [2.05, 4.69) is 9.72 Å². The van der Waals surface area contributed by atoms with Gasteiger partial charge in [-0.25, -0.2) is 19.4 Å². The number of hydrogen-bond donors (Lipinski definition) is 2. The average Bonchev–Trinajstić information content (AvgIpc) is 3.01. The van der Waals surface area contributed by atoms with Crippen molar-refractivity contribution >= 4 is 29.8 Å². The summed E-state index contributed by atoms with van der Waals surface area (Å²) in [5, 5.41) is 18.7. The molecule has 16 heteroatoms. The lowest BCUT2D eigenvalue weighted by Gasteiger charge is -2.50. The zero-order valence-electron chi connectivity index (χ0n) is 25.0. The third-order valence-electron chi connectivity index (χ3n) is 7.23. The topological polar surface area (TPSA) is 179 Å². The van der Waals surface area contributed by atoms with Crippen LogP contribution >= 0.6 is 0 Å². The van der Waals surface area contributed by atoms with Crippen molar-refractivity contribution in [3.8, 4) is 0 Å². The maximum Gasteiger partial charge on any atom is 0.416 e. The molecule has 2 atom stereocenters. The normalized spacial score (nSPS) is 17.4. The van der Waals surface area contributed by atoms with Crippen molar-refractivity contribution in [3.05, 3.63) is 76.2 Å². The summed E-state index contributed by atoms with van der Waals surface area (Å²) in [4.78, 5) is 65.2. The predicted molar refractivity (Wildman–Crippen MR) is 147 cm³/mol. The molecule has 2 N–H and O–H groups in total. The number of carbonyl (C=O) groups excluding carboxylic acids is 3. The molecule has 0 aliphatic carbocycles. The van der Waals surface area contributed by atoms with Crippen LogP contribution in [0.1, 0.15) is 51.7 Å². The quantitative estimate of drug-likeness (QED) is 0.244. The number of halogens is 3. The van der Waals surface area contributed by atoms with E-state index in [-0.39, 0.29) is 23.7 Å². The van der Waals surface area contributed by atoms with Crippen LogP contribution in [-0.2, 0) is 39.5 Å². The summed E-state index contributed by atoms with van der Waals surface area (Å²) >= 11 is 0. The van der Waals surface area contributed by atoms with E-state index in [4.69, 9.17) is 19.3 Å². The first-order chi connectivity index (χ1) is 21.1. The summed E-state index contributed by atoms with van der Waals surface area (Å²) < 4.78 is 60.9. The lowest BCUT2D eigenvalue weighted by molar-refractivity contribution is -0.179. The van der Waals surface area contributed by atoms with Gasteiger partial charge in [0.05, 0.1) is 44.1 Å². The van der Waals surface area contributed by atoms with Crippen molar-refractivity contribution in [3.63, 3.8) is 0 Å². The number of carbonyl (C=O) groups is 5. The van der Waals surface area contributed by atoms with Gasteiger partial charge >= 0.3 is 36.0 Å². The first-order valence-electron chi connectivity index (χ1n) is 12.9. The number of nitrogens with zero attached hydrogens (tertiary/aromatic N) is 2. The fourth-order valence-corrected chi connectivity index (χ4v) is 5.24. The second kappa shape index (κ2) is 14.7. The summed E-state index contributed by atoms with van der Waals surface area (Å²) in [5.74, 6) is -7.88. The number of allylic oxidation sites excluding steroid dienone is 1. The number of aromatic carboxylic acids is 1. The molecule has 1 aliphatic heterocycles. The Hall–Kier alpha value is -4.99. The number of alkyl halides is 3. The first kappa shape index (κ1) is 36.2. The largest absolute Gasteiger partial charge is 0.478 e. The molecule has 0 saturated heterocycles. The number of carboxylic acid groups (broad SMARTS) is 2. The van der Waals surface area contributed by atoms with E-state index in [0.717, 1.165) is 32.4 Å². The molecular weight excluding hydrogens is 609 g/mol. The first-order valence-corrected chi connectivity index (χ1v) is 12.9. The molecule has 1 aromatic carbocycles. The van der Waals surface area contributed by atoms with Gasteiger partial charge in [0, 0.05) is 24.9 Å². The van der Waals surface area contributed by atoms with Crippen molar-refractivity contribution < 1.29 is 66.3 Å². The standard InChI is InChI=1S/C21H24F3NO7.C8H7NO4/c1-11-15(17(26)27)16(13-8-6-7-9-14(13)21(22,23)24)20(18(28)31-4,19(29)32-5)12(2)25(11)10-30-3;1-13-8(12)6-5(7(10)11)3-2-4-9-6/h6-9,12,16H,10H2,1-5H3,(H,26,27);2-4H,1H3,(H,10,11). The van der Waals surface area contributed by atoms with Gasteiger partial charge in [0.2, 0.25) is 0 Å². The van der Waals surface area contributed by atoms with Crippen molar-refractivity contribution in [2.45, 2.75) is 32.0 Å². The van der Waals surface area contributed by atoms with Crippen LogP contribution in [0, 0.1) is 5.41 Å². The number of ether oxygens (including phenoxy) is 4. The Morgan fingerprint density at radius 2 is 1.49 bits per heavy atom. The van der Waals surface area contributed by atoms with Crippen LogP contribution in [0.4, 0.5) is 13.2 Å². The van der Waals surface area contributed by atoms with E-state index >= 15 is 0 Å². The van der Waals surface area contributed by atoms with Crippen LogP contribution < -0.4 is 0 Å². The number of esters is 3. The molecule has 0 amide bonds. The maximum absolute atomic E-state index is 13.9. The van der Waals surface area contributed by atoms with E-state index in [9.17, 15) is 42.3 Å². The minimum atomic E-state index is -4.89. The molecule has 1 aromatic heterocycles. The van der Waals surface area contributed by atoms with Gasteiger partial charge in [-0.1, -0.05) is 18.2 Å². The molecule has 0 bridgehead atoms. The van der Waals surface area contributed by atoms with E-state index in [1.165, 1.54) is 57.4 Å². The third-order valence-corrected chi connectivity index (χ3v) is 7.23. The van der Waals surface area contributed by atoms with Crippen LogP contribution in [0.25, 0.3) is 0 Å². The van der Waals surface area contributed by atoms with Crippen molar-refractivity contribution in [2.24, 2.45) is 5.41 Å². The Balaban J connectivity index is 0.000000452. The van der Waals surface area contributed by atoms with Crippen molar-refractivity contribution in [1.29, 1.82) is 0 Å². The summed E-state index contributed by atoms with van der Waals surface area (Å²) in [7, 11) is 4.39.